The Kier molecular flexibility index (Phi) is 8.56. The monoisotopic (exact) mass is 549 g/mol. The molecular formula is C23H25BrClN5O2S. The molecule has 0 spiro atoms. The summed E-state index contributed by atoms with van der Waals surface area (Å²) in [6.45, 7) is 5.97. The molecule has 2 aromatic carbocycles. The third-order valence-electron chi connectivity index (χ3n) is 4.98. The van der Waals surface area contributed by atoms with Crippen molar-refractivity contribution in [2.45, 2.75) is 32.0 Å². The summed E-state index contributed by atoms with van der Waals surface area (Å²) in [5.41, 5.74) is 2.30. The number of halogens is 2. The van der Waals surface area contributed by atoms with Crippen molar-refractivity contribution in [1.29, 1.82) is 0 Å². The van der Waals surface area contributed by atoms with Crippen LogP contribution in [0.15, 0.2) is 52.1 Å². The van der Waals surface area contributed by atoms with Gasteiger partial charge >= 0.3 is 0 Å². The fourth-order valence-corrected chi connectivity index (χ4v) is 4.22. The molecule has 2 N–H and O–H groups in total. The van der Waals surface area contributed by atoms with Crippen molar-refractivity contribution >= 4 is 56.8 Å². The number of nitrogens with zero attached hydrogens (tertiary/aromatic N) is 3. The summed E-state index contributed by atoms with van der Waals surface area (Å²) in [4.78, 5) is 25.1. The lowest BCUT2D eigenvalue weighted by Crippen LogP contribution is -2.33. The highest BCUT2D eigenvalue weighted by Crippen LogP contribution is 2.25. The Morgan fingerprint density at radius 3 is 2.48 bits per heavy atom. The van der Waals surface area contributed by atoms with Gasteiger partial charge in [-0.05, 0) is 60.9 Å². The molecular weight excluding hydrogens is 526 g/mol. The molecule has 1 atom stereocenters. The number of rotatable bonds is 8. The molecule has 1 heterocycles. The second-order valence-electron chi connectivity index (χ2n) is 7.90. The van der Waals surface area contributed by atoms with Gasteiger partial charge in [-0.15, -0.1) is 10.2 Å². The van der Waals surface area contributed by atoms with Gasteiger partial charge in [-0.1, -0.05) is 53.1 Å². The highest BCUT2D eigenvalue weighted by atomic mass is 79.9. The smallest absolute Gasteiger partial charge is 0.251 e. The van der Waals surface area contributed by atoms with E-state index in [9.17, 15) is 9.59 Å². The highest BCUT2D eigenvalue weighted by molar-refractivity contribution is 9.10. The van der Waals surface area contributed by atoms with Gasteiger partial charge in [0.25, 0.3) is 5.91 Å². The van der Waals surface area contributed by atoms with E-state index in [1.165, 1.54) is 11.8 Å². The first-order valence-electron chi connectivity index (χ1n) is 10.3. The van der Waals surface area contributed by atoms with E-state index >= 15 is 0 Å². The van der Waals surface area contributed by atoms with Gasteiger partial charge in [0.15, 0.2) is 11.0 Å². The summed E-state index contributed by atoms with van der Waals surface area (Å²) in [7, 11) is 1.83. The van der Waals surface area contributed by atoms with Crippen molar-refractivity contribution in [3.8, 4) is 0 Å². The number of aryl methyl sites for hydroxylation is 1. The van der Waals surface area contributed by atoms with Crippen LogP contribution in [0, 0.1) is 12.8 Å². The average Bonchev–Trinajstić information content (AvgIpc) is 3.13. The second-order valence-corrected chi connectivity index (χ2v) is 10.1. The fourth-order valence-electron chi connectivity index (χ4n) is 3.13. The number of nitrogens with one attached hydrogen (secondary N) is 2. The first-order chi connectivity index (χ1) is 15.7. The lowest BCUT2D eigenvalue weighted by molar-refractivity contribution is -0.113. The van der Waals surface area contributed by atoms with Crippen LogP contribution in [-0.2, 0) is 11.8 Å². The van der Waals surface area contributed by atoms with Crippen molar-refractivity contribution in [3.05, 3.63) is 68.9 Å². The minimum Gasteiger partial charge on any atom is -0.342 e. The summed E-state index contributed by atoms with van der Waals surface area (Å²) < 4.78 is 2.80. The number of hydrogen-bond donors (Lipinski definition) is 2. The van der Waals surface area contributed by atoms with Crippen LogP contribution in [0.1, 0.15) is 41.6 Å². The van der Waals surface area contributed by atoms with Gasteiger partial charge in [0, 0.05) is 27.8 Å². The third-order valence-corrected chi connectivity index (χ3v) is 7.14. The topological polar surface area (TPSA) is 88.9 Å². The normalized spacial score (nSPS) is 12.0. The molecule has 0 fully saturated rings. The first-order valence-corrected chi connectivity index (χ1v) is 12.5. The van der Waals surface area contributed by atoms with E-state index in [4.69, 9.17) is 11.6 Å². The lowest BCUT2D eigenvalue weighted by atomic mass is 10.0. The molecule has 174 valence electrons. The molecule has 7 nitrogen and oxygen atoms in total. The van der Waals surface area contributed by atoms with Crippen LogP contribution in [0.5, 0.6) is 0 Å². The van der Waals surface area contributed by atoms with E-state index in [-0.39, 0.29) is 29.5 Å². The minimum atomic E-state index is -0.348. The van der Waals surface area contributed by atoms with Gasteiger partial charge in [0.05, 0.1) is 11.8 Å². The second kappa shape index (κ2) is 11.2. The Hall–Kier alpha value is -2.36. The molecule has 0 aliphatic heterocycles. The maximum absolute atomic E-state index is 12.7. The van der Waals surface area contributed by atoms with Gasteiger partial charge in [-0.3, -0.25) is 9.59 Å². The van der Waals surface area contributed by atoms with E-state index in [0.29, 0.717) is 21.6 Å². The number of carbonyl (C=O) groups excluding carboxylic acids is 2. The van der Waals surface area contributed by atoms with Crippen LogP contribution in [0.25, 0.3) is 0 Å². The van der Waals surface area contributed by atoms with Gasteiger partial charge in [-0.2, -0.15) is 0 Å². The van der Waals surface area contributed by atoms with Crippen molar-refractivity contribution in [2.24, 2.45) is 13.0 Å². The molecule has 0 aliphatic rings. The molecule has 3 aromatic rings. The van der Waals surface area contributed by atoms with E-state index in [1.807, 2.05) is 50.6 Å². The summed E-state index contributed by atoms with van der Waals surface area (Å²) in [5.74, 6) is 0.532. The predicted octanol–water partition coefficient (Wildman–Crippen LogP) is 5.40. The largest absolute Gasteiger partial charge is 0.342 e. The zero-order valence-corrected chi connectivity index (χ0v) is 21.9. The Morgan fingerprint density at radius 1 is 1.15 bits per heavy atom. The van der Waals surface area contributed by atoms with Crippen molar-refractivity contribution < 1.29 is 9.59 Å². The van der Waals surface area contributed by atoms with E-state index in [2.05, 4.69) is 36.8 Å². The Labute approximate surface area is 210 Å². The maximum atomic E-state index is 12.7. The van der Waals surface area contributed by atoms with Gasteiger partial charge in [-0.25, -0.2) is 0 Å². The van der Waals surface area contributed by atoms with Gasteiger partial charge < -0.3 is 15.2 Å². The number of aromatic nitrogens is 3. The van der Waals surface area contributed by atoms with Crippen LogP contribution in [0.4, 0.5) is 5.69 Å². The zero-order valence-electron chi connectivity index (χ0n) is 18.7. The number of thioether (sulfide) groups is 1. The number of hydrogen-bond acceptors (Lipinski definition) is 5. The molecule has 3 rings (SSSR count). The van der Waals surface area contributed by atoms with Crippen molar-refractivity contribution in [3.63, 3.8) is 0 Å². The molecule has 0 unspecified atom stereocenters. The Bertz CT molecular complexity index is 1150. The van der Waals surface area contributed by atoms with Crippen LogP contribution in [0.3, 0.4) is 0 Å². The summed E-state index contributed by atoms with van der Waals surface area (Å²) in [6.07, 6.45) is 0. The molecule has 0 radical (unpaired) electrons. The average molecular weight is 551 g/mol. The quantitative estimate of drug-likeness (QED) is 0.367. The van der Waals surface area contributed by atoms with Crippen LogP contribution < -0.4 is 10.6 Å². The first kappa shape index (κ1) is 25.3. The molecule has 1 aromatic heterocycles. The summed E-state index contributed by atoms with van der Waals surface area (Å²) in [5, 5.41) is 15.6. The number of amides is 2. The molecule has 0 aliphatic carbocycles. The third kappa shape index (κ3) is 6.59. The minimum absolute atomic E-state index is 0.0749. The zero-order chi connectivity index (χ0) is 24.1. The highest BCUT2D eigenvalue weighted by Gasteiger charge is 2.25. The predicted molar refractivity (Wildman–Crippen MR) is 136 cm³/mol. The molecule has 2 amide bonds. The maximum Gasteiger partial charge on any atom is 0.251 e. The molecule has 0 saturated carbocycles. The van der Waals surface area contributed by atoms with Crippen molar-refractivity contribution in [1.82, 2.24) is 20.1 Å². The number of carbonyl (C=O) groups is 2. The van der Waals surface area contributed by atoms with Crippen LogP contribution in [0.2, 0.25) is 5.02 Å². The fraction of sp³-hybridized carbons (Fsp3) is 0.304. The molecule has 10 heteroatoms. The Morgan fingerprint density at radius 2 is 1.85 bits per heavy atom. The van der Waals surface area contributed by atoms with E-state index in [0.717, 1.165) is 15.7 Å². The van der Waals surface area contributed by atoms with Gasteiger partial charge in [0.1, 0.15) is 0 Å². The molecule has 33 heavy (non-hydrogen) atoms. The van der Waals surface area contributed by atoms with Crippen LogP contribution >= 0.6 is 39.3 Å². The van der Waals surface area contributed by atoms with Crippen LogP contribution in [-0.4, -0.2) is 32.3 Å². The SMILES string of the molecule is Cc1cc(NC(=O)CSc2nnc([C@@H](NC(=O)c3ccc(Cl)cc3)C(C)C)n2C)ccc1Br. The number of benzene rings is 2. The van der Waals surface area contributed by atoms with E-state index < -0.39 is 0 Å². The van der Waals surface area contributed by atoms with Gasteiger partial charge in [0.2, 0.25) is 5.91 Å². The molecule has 0 saturated heterocycles. The lowest BCUT2D eigenvalue weighted by Gasteiger charge is -2.21. The number of anilines is 1. The van der Waals surface area contributed by atoms with Crippen molar-refractivity contribution in [2.75, 3.05) is 11.1 Å². The summed E-state index contributed by atoms with van der Waals surface area (Å²) in [6, 6.07) is 12.0. The Balaban J connectivity index is 1.65. The summed E-state index contributed by atoms with van der Waals surface area (Å²) >= 11 is 10.7. The molecule has 0 bridgehead atoms. The van der Waals surface area contributed by atoms with E-state index in [1.54, 1.807) is 24.3 Å². The standard InChI is InChI=1S/C23H25BrClN5O2S/c1-13(2)20(27-22(32)15-5-7-16(25)8-6-15)21-28-29-23(30(21)4)33-12-19(31)26-17-9-10-18(24)14(3)11-17/h5-11,13,20H,12H2,1-4H3,(H,26,31)(H,27,32)/t20-/m0/s1.